The van der Waals surface area contributed by atoms with Crippen LogP contribution >= 0.6 is 0 Å². The van der Waals surface area contributed by atoms with Gasteiger partial charge in [-0.15, -0.1) is 0 Å². The quantitative estimate of drug-likeness (QED) is 0.628. The van der Waals surface area contributed by atoms with Gasteiger partial charge in [0.2, 0.25) is 5.91 Å². The first-order chi connectivity index (χ1) is 15.9. The van der Waals surface area contributed by atoms with Gasteiger partial charge < -0.3 is 15.4 Å². The minimum atomic E-state index is -0.864. The Hall–Kier alpha value is -3.42. The molecule has 1 aliphatic heterocycles. The summed E-state index contributed by atoms with van der Waals surface area (Å²) >= 11 is 0. The lowest BCUT2D eigenvalue weighted by Crippen LogP contribution is -2.54. The van der Waals surface area contributed by atoms with Gasteiger partial charge in [-0.3, -0.25) is 14.5 Å². The van der Waals surface area contributed by atoms with Crippen LogP contribution in [0.25, 0.3) is 0 Å². The third-order valence-corrected chi connectivity index (χ3v) is 6.51. The van der Waals surface area contributed by atoms with E-state index in [0.717, 1.165) is 35.3 Å². The minimum absolute atomic E-state index is 0.0532. The maximum Gasteiger partial charge on any atom is 0.325 e. The standard InChI is InChI=1S/C25H28FN3O4/c1-17-5-2-3-12-25(17)23(31)29(24(32)28-25)15-22(30)27-14-18-8-10-21(11-9-18)33-16-19-6-4-7-20(26)13-19/h4,6-11,13,17H,2-3,5,12,14-16H2,1H3,(H,27,30)(H,28,32). The molecule has 1 heterocycles. The van der Waals surface area contributed by atoms with Crippen molar-refractivity contribution in [2.45, 2.75) is 51.3 Å². The SMILES string of the molecule is CC1CCCCC12NC(=O)N(CC(=O)NCc1ccc(OCc3cccc(F)c3)cc1)C2=O. The molecule has 2 aromatic carbocycles. The number of hydrogen-bond acceptors (Lipinski definition) is 4. The molecule has 2 aromatic rings. The van der Waals surface area contributed by atoms with E-state index in [-0.39, 0.29) is 37.3 Å². The molecular weight excluding hydrogens is 425 g/mol. The molecule has 174 valence electrons. The molecule has 2 fully saturated rings. The predicted molar refractivity (Wildman–Crippen MR) is 120 cm³/mol. The minimum Gasteiger partial charge on any atom is -0.489 e. The second-order valence-electron chi connectivity index (χ2n) is 8.78. The highest BCUT2D eigenvalue weighted by atomic mass is 19.1. The predicted octanol–water partition coefficient (Wildman–Crippen LogP) is 3.52. The van der Waals surface area contributed by atoms with Crippen molar-refractivity contribution in [2.75, 3.05) is 6.54 Å². The molecule has 2 unspecified atom stereocenters. The van der Waals surface area contributed by atoms with E-state index < -0.39 is 17.5 Å². The Bertz CT molecular complexity index is 1040. The summed E-state index contributed by atoms with van der Waals surface area (Å²) in [5.74, 6) is -0.322. The molecule has 1 spiro atoms. The van der Waals surface area contributed by atoms with E-state index in [9.17, 15) is 18.8 Å². The van der Waals surface area contributed by atoms with Crippen LogP contribution in [0.5, 0.6) is 5.75 Å². The number of carbonyl (C=O) groups excluding carboxylic acids is 3. The third kappa shape index (κ3) is 4.99. The molecule has 7 nitrogen and oxygen atoms in total. The average Bonchev–Trinajstić information content (AvgIpc) is 3.04. The molecule has 33 heavy (non-hydrogen) atoms. The fraction of sp³-hybridized carbons (Fsp3) is 0.400. The third-order valence-electron chi connectivity index (χ3n) is 6.51. The number of imide groups is 1. The molecule has 1 saturated heterocycles. The largest absolute Gasteiger partial charge is 0.489 e. The zero-order valence-corrected chi connectivity index (χ0v) is 18.6. The van der Waals surface area contributed by atoms with Gasteiger partial charge in [-0.05, 0) is 54.2 Å². The lowest BCUT2D eigenvalue weighted by atomic mass is 9.73. The lowest BCUT2D eigenvalue weighted by molar-refractivity contribution is -0.137. The molecular formula is C25H28FN3O4. The van der Waals surface area contributed by atoms with Gasteiger partial charge in [-0.2, -0.15) is 0 Å². The summed E-state index contributed by atoms with van der Waals surface area (Å²) in [5, 5.41) is 5.61. The van der Waals surface area contributed by atoms with Gasteiger partial charge in [0.25, 0.3) is 5.91 Å². The second-order valence-corrected chi connectivity index (χ2v) is 8.78. The second kappa shape index (κ2) is 9.60. The maximum atomic E-state index is 13.2. The van der Waals surface area contributed by atoms with Crippen molar-refractivity contribution in [3.63, 3.8) is 0 Å². The topological polar surface area (TPSA) is 87.7 Å². The van der Waals surface area contributed by atoms with Gasteiger partial charge in [0.1, 0.15) is 30.3 Å². The van der Waals surface area contributed by atoms with Crippen LogP contribution in [0.15, 0.2) is 48.5 Å². The van der Waals surface area contributed by atoms with E-state index in [1.54, 1.807) is 24.3 Å². The van der Waals surface area contributed by atoms with E-state index in [4.69, 9.17) is 4.74 Å². The smallest absolute Gasteiger partial charge is 0.325 e. The molecule has 2 N–H and O–H groups in total. The summed E-state index contributed by atoms with van der Waals surface area (Å²) in [5.41, 5.74) is 0.712. The number of amides is 4. The zero-order chi connectivity index (χ0) is 23.4. The number of benzene rings is 2. The van der Waals surface area contributed by atoms with Gasteiger partial charge in [-0.25, -0.2) is 9.18 Å². The fourth-order valence-corrected chi connectivity index (χ4v) is 4.54. The zero-order valence-electron chi connectivity index (χ0n) is 18.6. The summed E-state index contributed by atoms with van der Waals surface area (Å²) in [7, 11) is 0. The molecule has 4 rings (SSSR count). The van der Waals surface area contributed by atoms with Crippen molar-refractivity contribution in [3.05, 3.63) is 65.5 Å². The van der Waals surface area contributed by atoms with E-state index in [1.807, 2.05) is 19.1 Å². The van der Waals surface area contributed by atoms with Crippen molar-refractivity contribution < 1.29 is 23.5 Å². The first-order valence-electron chi connectivity index (χ1n) is 11.2. The number of rotatable bonds is 7. The summed E-state index contributed by atoms with van der Waals surface area (Å²) in [6.07, 6.45) is 3.43. The Morgan fingerprint density at radius 2 is 1.97 bits per heavy atom. The highest BCUT2D eigenvalue weighted by Crippen LogP contribution is 2.38. The highest BCUT2D eigenvalue weighted by molar-refractivity contribution is 6.09. The molecule has 4 amide bonds. The molecule has 2 atom stereocenters. The van der Waals surface area contributed by atoms with E-state index in [1.165, 1.54) is 12.1 Å². The van der Waals surface area contributed by atoms with Gasteiger partial charge in [0.15, 0.2) is 0 Å². The van der Waals surface area contributed by atoms with Crippen LogP contribution in [0, 0.1) is 11.7 Å². The Labute approximate surface area is 192 Å². The van der Waals surface area contributed by atoms with Gasteiger partial charge in [0, 0.05) is 6.54 Å². The maximum absolute atomic E-state index is 13.2. The van der Waals surface area contributed by atoms with Gasteiger partial charge in [-0.1, -0.05) is 44.0 Å². The molecule has 1 aliphatic carbocycles. The molecule has 1 saturated carbocycles. The van der Waals surface area contributed by atoms with Crippen molar-refractivity contribution in [3.8, 4) is 5.75 Å². The molecule has 0 bridgehead atoms. The fourth-order valence-electron chi connectivity index (χ4n) is 4.54. The number of nitrogens with zero attached hydrogens (tertiary/aromatic N) is 1. The van der Waals surface area contributed by atoms with E-state index in [2.05, 4.69) is 10.6 Å². The number of hydrogen-bond donors (Lipinski definition) is 2. The Balaban J connectivity index is 1.26. The van der Waals surface area contributed by atoms with Crippen LogP contribution in [0.2, 0.25) is 0 Å². The lowest BCUT2D eigenvalue weighted by Gasteiger charge is -2.36. The van der Waals surface area contributed by atoms with Crippen LogP contribution in [-0.4, -0.2) is 34.8 Å². The van der Waals surface area contributed by atoms with Crippen LogP contribution in [-0.2, 0) is 22.7 Å². The summed E-state index contributed by atoms with van der Waals surface area (Å²) in [6.45, 7) is 2.19. The summed E-state index contributed by atoms with van der Waals surface area (Å²) in [4.78, 5) is 38.8. The number of carbonyl (C=O) groups is 3. The molecule has 0 radical (unpaired) electrons. The number of nitrogens with one attached hydrogen (secondary N) is 2. The first kappa shape index (κ1) is 22.8. The van der Waals surface area contributed by atoms with Crippen molar-refractivity contribution in [2.24, 2.45) is 5.92 Å². The van der Waals surface area contributed by atoms with Gasteiger partial charge in [0.05, 0.1) is 0 Å². The summed E-state index contributed by atoms with van der Waals surface area (Å²) in [6, 6.07) is 12.9. The van der Waals surface area contributed by atoms with E-state index in [0.29, 0.717) is 12.2 Å². The van der Waals surface area contributed by atoms with Crippen molar-refractivity contribution >= 4 is 17.8 Å². The van der Waals surface area contributed by atoms with Crippen LogP contribution < -0.4 is 15.4 Å². The molecule has 8 heteroatoms. The normalized spacial score (nSPS) is 22.4. The Kier molecular flexibility index (Phi) is 6.62. The van der Waals surface area contributed by atoms with Gasteiger partial charge >= 0.3 is 6.03 Å². The first-order valence-corrected chi connectivity index (χ1v) is 11.2. The highest BCUT2D eigenvalue weighted by Gasteiger charge is 2.55. The molecule has 0 aromatic heterocycles. The van der Waals surface area contributed by atoms with Crippen molar-refractivity contribution in [1.82, 2.24) is 15.5 Å². The van der Waals surface area contributed by atoms with E-state index >= 15 is 0 Å². The van der Waals surface area contributed by atoms with Crippen LogP contribution in [0.4, 0.5) is 9.18 Å². The average molecular weight is 454 g/mol. The Morgan fingerprint density at radius 3 is 2.70 bits per heavy atom. The molecule has 2 aliphatic rings. The van der Waals surface area contributed by atoms with Crippen LogP contribution in [0.1, 0.15) is 43.7 Å². The van der Waals surface area contributed by atoms with Crippen LogP contribution in [0.3, 0.4) is 0 Å². The van der Waals surface area contributed by atoms with Crippen molar-refractivity contribution in [1.29, 1.82) is 0 Å². The number of urea groups is 1. The number of halogens is 1. The Morgan fingerprint density at radius 1 is 1.18 bits per heavy atom. The monoisotopic (exact) mass is 453 g/mol. The number of ether oxygens (including phenoxy) is 1. The summed E-state index contributed by atoms with van der Waals surface area (Å²) < 4.78 is 18.9.